The van der Waals surface area contributed by atoms with Crippen LogP contribution in [0.2, 0.25) is 0 Å². The van der Waals surface area contributed by atoms with Crippen molar-refractivity contribution in [3.8, 4) is 11.5 Å². The van der Waals surface area contributed by atoms with Gasteiger partial charge in [0.1, 0.15) is 0 Å². The number of hydrogen-bond donors (Lipinski definition) is 1. The average Bonchev–Trinajstić information content (AvgIpc) is 3.28. The lowest BCUT2D eigenvalue weighted by atomic mass is 9.96. The predicted molar refractivity (Wildman–Crippen MR) is 132 cm³/mol. The fraction of sp³-hybridized carbons (Fsp3) is 0.400. The van der Waals surface area contributed by atoms with Crippen LogP contribution in [0.5, 0.6) is 0 Å². The number of carbonyl (C=O) groups is 1. The number of amides is 1. The quantitative estimate of drug-likeness (QED) is 0.510. The first-order valence-corrected chi connectivity index (χ1v) is 12.7. The summed E-state index contributed by atoms with van der Waals surface area (Å²) in [4.78, 5) is 17.9. The summed E-state index contributed by atoms with van der Waals surface area (Å²) in [7, 11) is -3.68. The van der Waals surface area contributed by atoms with Gasteiger partial charge in [-0.1, -0.05) is 51.9 Å². The monoisotopic (exact) mass is 484 g/mol. The van der Waals surface area contributed by atoms with Crippen LogP contribution in [0.25, 0.3) is 11.5 Å². The molecule has 2 aromatic carbocycles. The molecule has 0 aliphatic rings. The van der Waals surface area contributed by atoms with E-state index in [0.29, 0.717) is 35.7 Å². The molecule has 3 rings (SSSR count). The van der Waals surface area contributed by atoms with Crippen LogP contribution in [0.4, 0.5) is 5.69 Å². The molecule has 0 bridgehead atoms. The fourth-order valence-electron chi connectivity index (χ4n) is 3.51. The zero-order valence-electron chi connectivity index (χ0n) is 20.8. The molecule has 0 unspecified atom stereocenters. The van der Waals surface area contributed by atoms with E-state index in [9.17, 15) is 13.2 Å². The maximum absolute atomic E-state index is 13.3. The molecule has 0 radical (unpaired) electrons. The lowest BCUT2D eigenvalue weighted by Gasteiger charge is -2.20. The maximum Gasteiger partial charge on any atom is 0.258 e. The molecule has 0 saturated carbocycles. The van der Waals surface area contributed by atoms with Gasteiger partial charge in [-0.25, -0.2) is 8.42 Å². The molecule has 0 spiro atoms. The number of anilines is 1. The van der Waals surface area contributed by atoms with E-state index >= 15 is 0 Å². The average molecular weight is 485 g/mol. The number of aryl methyl sites for hydroxylation is 1. The van der Waals surface area contributed by atoms with Gasteiger partial charge in [0.05, 0.1) is 16.0 Å². The summed E-state index contributed by atoms with van der Waals surface area (Å²) < 4.78 is 33.0. The summed E-state index contributed by atoms with van der Waals surface area (Å²) in [5.74, 6) is 0.394. The van der Waals surface area contributed by atoms with Gasteiger partial charge in [0.15, 0.2) is 5.82 Å². The Hall–Kier alpha value is -3.04. The topological polar surface area (TPSA) is 105 Å². The largest absolute Gasteiger partial charge is 0.334 e. The highest BCUT2D eigenvalue weighted by Crippen LogP contribution is 2.29. The van der Waals surface area contributed by atoms with E-state index in [1.54, 1.807) is 44.2 Å². The van der Waals surface area contributed by atoms with Crippen molar-refractivity contribution in [2.75, 3.05) is 18.4 Å². The smallest absolute Gasteiger partial charge is 0.258 e. The second-order valence-corrected chi connectivity index (χ2v) is 11.1. The molecule has 8 nitrogen and oxygen atoms in total. The molecule has 9 heteroatoms. The minimum absolute atomic E-state index is 0.148. The summed E-state index contributed by atoms with van der Waals surface area (Å²) in [6.45, 7) is 13.9. The van der Waals surface area contributed by atoms with Gasteiger partial charge < -0.3 is 9.84 Å². The predicted octanol–water partition coefficient (Wildman–Crippen LogP) is 4.93. The number of benzene rings is 2. The summed E-state index contributed by atoms with van der Waals surface area (Å²) in [5, 5.41) is 6.95. The van der Waals surface area contributed by atoms with Crippen LogP contribution in [0.15, 0.2) is 45.8 Å². The molecule has 182 valence electrons. The van der Waals surface area contributed by atoms with E-state index in [2.05, 4.69) is 15.5 Å². The molecular weight excluding hydrogens is 452 g/mol. The van der Waals surface area contributed by atoms with Gasteiger partial charge in [-0.2, -0.15) is 9.29 Å². The van der Waals surface area contributed by atoms with Gasteiger partial charge in [-0.05, 0) is 49.2 Å². The second kappa shape index (κ2) is 9.68. The standard InChI is InChI=1S/C25H32N4O4S/c1-8-29(9-2)34(31,32)18-14-16(3)17(4)21(15-18)26-22(30)19-12-10-11-13-20(19)23-27-24(28-33-23)25(5,6)7/h10-15H,8-9H2,1-7H3,(H,26,30). The minimum atomic E-state index is -3.68. The number of hydrogen-bond acceptors (Lipinski definition) is 6. The van der Waals surface area contributed by atoms with Crippen molar-refractivity contribution in [1.29, 1.82) is 0 Å². The summed E-state index contributed by atoms with van der Waals surface area (Å²) >= 11 is 0. The highest BCUT2D eigenvalue weighted by molar-refractivity contribution is 7.89. The zero-order valence-corrected chi connectivity index (χ0v) is 21.6. The van der Waals surface area contributed by atoms with Crippen LogP contribution in [0.1, 0.15) is 61.9 Å². The fourth-order valence-corrected chi connectivity index (χ4v) is 5.08. The van der Waals surface area contributed by atoms with Gasteiger partial charge >= 0.3 is 0 Å². The van der Waals surface area contributed by atoms with E-state index in [4.69, 9.17) is 4.52 Å². The Morgan fingerprint density at radius 2 is 1.74 bits per heavy atom. The van der Waals surface area contributed by atoms with E-state index in [-0.39, 0.29) is 16.2 Å². The third-order valence-corrected chi connectivity index (χ3v) is 7.76. The second-order valence-electron chi connectivity index (χ2n) is 9.17. The van der Waals surface area contributed by atoms with Gasteiger partial charge in [0, 0.05) is 24.2 Å². The molecule has 0 saturated heterocycles. The molecule has 34 heavy (non-hydrogen) atoms. The van der Waals surface area contributed by atoms with Crippen LogP contribution in [0.3, 0.4) is 0 Å². The molecule has 0 aliphatic heterocycles. The van der Waals surface area contributed by atoms with Crippen LogP contribution in [0, 0.1) is 13.8 Å². The Labute approximate surface area is 201 Å². The van der Waals surface area contributed by atoms with Crippen molar-refractivity contribution >= 4 is 21.6 Å². The Bertz CT molecular complexity index is 1300. The normalized spacial score (nSPS) is 12.2. The zero-order chi connectivity index (χ0) is 25.3. The third kappa shape index (κ3) is 5.05. The summed E-state index contributed by atoms with van der Waals surface area (Å²) in [6, 6.07) is 10.1. The minimum Gasteiger partial charge on any atom is -0.334 e. The van der Waals surface area contributed by atoms with Crippen LogP contribution < -0.4 is 5.32 Å². The lowest BCUT2D eigenvalue weighted by molar-refractivity contribution is 0.102. The van der Waals surface area contributed by atoms with E-state index in [1.807, 2.05) is 34.6 Å². The SMILES string of the molecule is CCN(CC)S(=O)(=O)c1cc(C)c(C)c(NC(=O)c2ccccc2-c2nc(C(C)(C)C)no2)c1. The van der Waals surface area contributed by atoms with Crippen molar-refractivity contribution < 1.29 is 17.7 Å². The Kier molecular flexibility index (Phi) is 7.28. The first-order valence-electron chi connectivity index (χ1n) is 11.3. The molecular formula is C25H32N4O4S. The number of nitrogens with zero attached hydrogens (tertiary/aromatic N) is 3. The Balaban J connectivity index is 2.00. The summed E-state index contributed by atoms with van der Waals surface area (Å²) in [5.41, 5.74) is 2.54. The molecule has 0 aliphatic carbocycles. The molecule has 1 N–H and O–H groups in total. The third-order valence-electron chi connectivity index (χ3n) is 5.73. The van der Waals surface area contributed by atoms with Crippen LogP contribution in [-0.2, 0) is 15.4 Å². The maximum atomic E-state index is 13.3. The molecule has 1 amide bonds. The highest BCUT2D eigenvalue weighted by Gasteiger charge is 2.26. The first kappa shape index (κ1) is 25.6. The van der Waals surface area contributed by atoms with E-state index in [0.717, 1.165) is 11.1 Å². The molecule has 0 fully saturated rings. The van der Waals surface area contributed by atoms with Crippen molar-refractivity contribution in [1.82, 2.24) is 14.4 Å². The molecule has 0 atom stereocenters. The molecule has 3 aromatic rings. The molecule has 1 heterocycles. The van der Waals surface area contributed by atoms with Crippen LogP contribution >= 0.6 is 0 Å². The van der Waals surface area contributed by atoms with Crippen LogP contribution in [-0.4, -0.2) is 41.9 Å². The number of sulfonamides is 1. The number of nitrogens with one attached hydrogen (secondary N) is 1. The van der Waals surface area contributed by atoms with Gasteiger partial charge in [0.2, 0.25) is 10.0 Å². The van der Waals surface area contributed by atoms with Crippen molar-refractivity contribution in [2.45, 2.75) is 58.8 Å². The molecule has 1 aromatic heterocycles. The van der Waals surface area contributed by atoms with Crippen molar-refractivity contribution in [3.63, 3.8) is 0 Å². The number of rotatable bonds is 7. The Morgan fingerprint density at radius 3 is 2.32 bits per heavy atom. The Morgan fingerprint density at radius 1 is 1.09 bits per heavy atom. The summed E-state index contributed by atoms with van der Waals surface area (Å²) in [6.07, 6.45) is 0. The lowest BCUT2D eigenvalue weighted by Crippen LogP contribution is -2.30. The van der Waals surface area contributed by atoms with E-state index in [1.165, 1.54) is 10.4 Å². The number of aromatic nitrogens is 2. The van der Waals surface area contributed by atoms with Gasteiger partial charge in [0.25, 0.3) is 11.8 Å². The van der Waals surface area contributed by atoms with Gasteiger partial charge in [-0.3, -0.25) is 4.79 Å². The van der Waals surface area contributed by atoms with E-state index < -0.39 is 15.9 Å². The number of carbonyl (C=O) groups excluding carboxylic acids is 1. The first-order chi connectivity index (χ1) is 15.9. The highest BCUT2D eigenvalue weighted by atomic mass is 32.2. The van der Waals surface area contributed by atoms with Gasteiger partial charge in [-0.15, -0.1) is 0 Å². The van der Waals surface area contributed by atoms with Crippen molar-refractivity contribution in [2.24, 2.45) is 0 Å². The van der Waals surface area contributed by atoms with Crippen molar-refractivity contribution in [3.05, 3.63) is 58.9 Å².